The number of ether oxygens (including phenoxy) is 3. The van der Waals surface area contributed by atoms with Crippen LogP contribution < -0.4 is 5.32 Å². The highest BCUT2D eigenvalue weighted by Gasteiger charge is 2.72. The Balaban J connectivity index is 1.38. The molecule has 4 rings (SSSR count). The molecule has 2 aliphatic heterocycles. The van der Waals surface area contributed by atoms with Crippen molar-refractivity contribution < 1.29 is 23.8 Å². The number of nitrogens with one attached hydrogen (secondary N) is 1. The largest absolute Gasteiger partial charge is 0.373 e. The molecule has 0 aromatic heterocycles. The molecule has 1 aliphatic carbocycles. The van der Waals surface area contributed by atoms with Gasteiger partial charge in [0, 0.05) is 20.1 Å². The van der Waals surface area contributed by atoms with Gasteiger partial charge in [0.15, 0.2) is 5.78 Å². The summed E-state index contributed by atoms with van der Waals surface area (Å²) < 4.78 is 17.2. The third-order valence-electron chi connectivity index (χ3n) is 6.05. The molecular weight excluding hydrogens is 334 g/mol. The quantitative estimate of drug-likeness (QED) is 0.781. The van der Waals surface area contributed by atoms with Gasteiger partial charge < -0.3 is 19.5 Å². The molecule has 2 saturated heterocycles. The summed E-state index contributed by atoms with van der Waals surface area (Å²) >= 11 is 0. The Hall–Kier alpha value is -1.76. The number of amides is 1. The van der Waals surface area contributed by atoms with Crippen molar-refractivity contribution >= 4 is 11.7 Å². The smallest absolute Gasteiger partial charge is 0.222 e. The number of hydrogen-bond donors (Lipinski definition) is 1. The Morgan fingerprint density at radius 3 is 2.73 bits per heavy atom. The highest BCUT2D eigenvalue weighted by Crippen LogP contribution is 2.58. The summed E-state index contributed by atoms with van der Waals surface area (Å²) in [5, 5.41) is 2.93. The average molecular weight is 359 g/mol. The van der Waals surface area contributed by atoms with Crippen LogP contribution in [0.15, 0.2) is 30.3 Å². The number of ketones is 1. The molecule has 140 valence electrons. The highest BCUT2D eigenvalue weighted by atomic mass is 16.6. The van der Waals surface area contributed by atoms with Crippen molar-refractivity contribution in [2.45, 2.75) is 56.1 Å². The minimum Gasteiger partial charge on any atom is -0.373 e. The maximum atomic E-state index is 12.3. The average Bonchev–Trinajstić information content (AvgIpc) is 3.55. The summed E-state index contributed by atoms with van der Waals surface area (Å²) in [4.78, 5) is 24.6. The lowest BCUT2D eigenvalue weighted by molar-refractivity contribution is -0.142. The molecule has 0 bridgehead atoms. The number of epoxide rings is 2. The fourth-order valence-electron chi connectivity index (χ4n) is 4.43. The molecule has 1 saturated carbocycles. The Labute approximate surface area is 153 Å². The normalized spacial score (nSPS) is 38.2. The van der Waals surface area contributed by atoms with E-state index in [4.69, 9.17) is 14.2 Å². The number of rotatable bonds is 6. The van der Waals surface area contributed by atoms with Crippen molar-refractivity contribution in [2.24, 2.45) is 5.92 Å². The molecule has 2 heterocycles. The Morgan fingerprint density at radius 2 is 2.08 bits per heavy atom. The van der Waals surface area contributed by atoms with Gasteiger partial charge in [0.05, 0.1) is 25.0 Å². The highest BCUT2D eigenvalue weighted by molar-refractivity contribution is 5.85. The molecule has 1 spiro atoms. The van der Waals surface area contributed by atoms with E-state index in [1.54, 1.807) is 7.11 Å². The van der Waals surface area contributed by atoms with E-state index in [0.29, 0.717) is 26.0 Å². The van der Waals surface area contributed by atoms with Crippen LogP contribution in [0.2, 0.25) is 0 Å². The van der Waals surface area contributed by atoms with E-state index >= 15 is 0 Å². The number of benzene rings is 1. The molecule has 3 fully saturated rings. The molecule has 26 heavy (non-hydrogen) atoms. The molecule has 1 aromatic carbocycles. The summed E-state index contributed by atoms with van der Waals surface area (Å²) in [6.07, 6.45) is 0.734. The van der Waals surface area contributed by atoms with E-state index in [1.165, 1.54) is 0 Å². The van der Waals surface area contributed by atoms with Crippen molar-refractivity contribution in [3.05, 3.63) is 35.9 Å². The first-order valence-corrected chi connectivity index (χ1v) is 9.16. The first-order chi connectivity index (χ1) is 12.5. The van der Waals surface area contributed by atoms with Gasteiger partial charge in [-0.25, -0.2) is 0 Å². The van der Waals surface area contributed by atoms with Gasteiger partial charge in [-0.1, -0.05) is 30.3 Å². The van der Waals surface area contributed by atoms with Crippen LogP contribution in [0.1, 0.15) is 31.7 Å². The lowest BCUT2D eigenvalue weighted by Crippen LogP contribution is -2.53. The van der Waals surface area contributed by atoms with Gasteiger partial charge >= 0.3 is 0 Å². The van der Waals surface area contributed by atoms with Gasteiger partial charge in [0.1, 0.15) is 17.3 Å². The summed E-state index contributed by atoms with van der Waals surface area (Å²) in [6, 6.07) is 9.79. The van der Waals surface area contributed by atoms with E-state index in [-0.39, 0.29) is 35.7 Å². The van der Waals surface area contributed by atoms with E-state index in [2.05, 4.69) is 5.32 Å². The molecule has 3 aliphatic rings. The van der Waals surface area contributed by atoms with Crippen LogP contribution in [0.4, 0.5) is 0 Å². The van der Waals surface area contributed by atoms with Gasteiger partial charge in [0.25, 0.3) is 0 Å². The molecule has 6 nitrogen and oxygen atoms in total. The second-order valence-electron chi connectivity index (χ2n) is 7.71. The predicted octanol–water partition coefficient (Wildman–Crippen LogP) is 1.61. The molecule has 1 unspecified atom stereocenters. The van der Waals surface area contributed by atoms with Crippen molar-refractivity contribution in [1.82, 2.24) is 5.32 Å². The molecule has 1 N–H and O–H groups in total. The zero-order chi connectivity index (χ0) is 18.4. The molecule has 1 aromatic rings. The summed E-state index contributed by atoms with van der Waals surface area (Å²) in [5.41, 5.74) is 0.179. The number of carbonyl (C=O) groups is 2. The lowest BCUT2D eigenvalue weighted by atomic mass is 9.69. The van der Waals surface area contributed by atoms with Crippen molar-refractivity contribution in [1.29, 1.82) is 0 Å². The topological polar surface area (TPSA) is 80.5 Å². The first-order valence-electron chi connectivity index (χ1n) is 9.16. The van der Waals surface area contributed by atoms with Crippen LogP contribution in [-0.4, -0.2) is 48.8 Å². The minimum absolute atomic E-state index is 0.0514. The Kier molecular flexibility index (Phi) is 4.37. The standard InChI is InChI=1S/C20H25NO5/c1-19(18-17(24-2)14(22)8-9-20(18)12-25-20)15(26-19)10-16(23)21-11-13-6-4-3-5-7-13/h3-7,15,17-18H,8-12H2,1-2H3,(H,21,23)/t15-,17-,18-,19?,20+/m1/s1. The molecular formula is C20H25NO5. The van der Waals surface area contributed by atoms with Crippen LogP contribution >= 0.6 is 0 Å². The SMILES string of the molecule is CO[C@@H]1C(=O)CC[C@]2(CO2)[C@H]1C1(C)O[C@@H]1CC(=O)NCc1ccccc1. The Bertz CT molecular complexity index is 701. The maximum absolute atomic E-state index is 12.3. The predicted molar refractivity (Wildman–Crippen MR) is 93.4 cm³/mol. The van der Waals surface area contributed by atoms with Gasteiger partial charge in [-0.15, -0.1) is 0 Å². The van der Waals surface area contributed by atoms with Crippen LogP contribution in [0, 0.1) is 5.92 Å². The summed E-state index contributed by atoms with van der Waals surface area (Å²) in [7, 11) is 1.56. The third-order valence-corrected chi connectivity index (χ3v) is 6.05. The van der Waals surface area contributed by atoms with Crippen LogP contribution in [0.3, 0.4) is 0 Å². The van der Waals surface area contributed by atoms with Crippen molar-refractivity contribution in [2.75, 3.05) is 13.7 Å². The number of Topliss-reactive ketones (excluding diaryl/α,β-unsaturated/α-hetero) is 1. The second kappa shape index (κ2) is 6.44. The van der Waals surface area contributed by atoms with E-state index in [1.807, 2.05) is 37.3 Å². The Morgan fingerprint density at radius 1 is 1.35 bits per heavy atom. The zero-order valence-electron chi connectivity index (χ0n) is 15.2. The minimum atomic E-state index is -0.558. The van der Waals surface area contributed by atoms with Crippen LogP contribution in [-0.2, 0) is 30.3 Å². The van der Waals surface area contributed by atoms with Gasteiger partial charge in [-0.3, -0.25) is 9.59 Å². The first kappa shape index (κ1) is 17.6. The van der Waals surface area contributed by atoms with Gasteiger partial charge in [-0.05, 0) is 18.9 Å². The van der Waals surface area contributed by atoms with E-state index in [9.17, 15) is 9.59 Å². The second-order valence-corrected chi connectivity index (χ2v) is 7.71. The molecule has 1 amide bonds. The third kappa shape index (κ3) is 3.06. The fraction of sp³-hybridized carbons (Fsp3) is 0.600. The van der Waals surface area contributed by atoms with Crippen molar-refractivity contribution in [3.63, 3.8) is 0 Å². The maximum Gasteiger partial charge on any atom is 0.222 e. The monoisotopic (exact) mass is 359 g/mol. The zero-order valence-corrected chi connectivity index (χ0v) is 15.2. The van der Waals surface area contributed by atoms with Crippen molar-refractivity contribution in [3.8, 4) is 0 Å². The molecule has 5 atom stereocenters. The number of methoxy groups -OCH3 is 1. The van der Waals surface area contributed by atoms with Gasteiger partial charge in [-0.2, -0.15) is 0 Å². The lowest BCUT2D eigenvalue weighted by Gasteiger charge is -2.37. The summed E-state index contributed by atoms with van der Waals surface area (Å²) in [6.45, 7) is 3.11. The van der Waals surface area contributed by atoms with Gasteiger partial charge in [0.2, 0.25) is 5.91 Å². The summed E-state index contributed by atoms with van der Waals surface area (Å²) in [5.74, 6) is -0.111. The molecule has 6 heteroatoms. The van der Waals surface area contributed by atoms with E-state index < -0.39 is 11.7 Å². The number of carbonyl (C=O) groups excluding carboxylic acids is 2. The van der Waals surface area contributed by atoms with Crippen LogP contribution in [0.25, 0.3) is 0 Å². The fourth-order valence-corrected chi connectivity index (χ4v) is 4.43. The number of hydrogen-bond acceptors (Lipinski definition) is 5. The molecule has 0 radical (unpaired) electrons. The van der Waals surface area contributed by atoms with E-state index in [0.717, 1.165) is 5.56 Å². The van der Waals surface area contributed by atoms with Crippen LogP contribution in [0.5, 0.6) is 0 Å².